The van der Waals surface area contributed by atoms with Crippen LogP contribution in [-0.2, 0) is 14.3 Å². The number of hydrogen-bond acceptors (Lipinski definition) is 3. The van der Waals surface area contributed by atoms with Gasteiger partial charge in [0, 0.05) is 0 Å². The molecule has 1 atom stereocenters. The van der Waals surface area contributed by atoms with Gasteiger partial charge >= 0.3 is 11.9 Å². The van der Waals surface area contributed by atoms with E-state index in [0.717, 1.165) is 18.8 Å². The minimum Gasteiger partial charge on any atom is -0.481 e. The van der Waals surface area contributed by atoms with Gasteiger partial charge in [0.05, 0.1) is 11.8 Å². The highest BCUT2D eigenvalue weighted by atomic mass is 16.5. The molecule has 0 bridgehead atoms. The van der Waals surface area contributed by atoms with Crippen molar-refractivity contribution in [3.8, 4) is 0 Å². The van der Waals surface area contributed by atoms with E-state index in [1.165, 1.54) is 51.4 Å². The van der Waals surface area contributed by atoms with Gasteiger partial charge in [0.2, 0.25) is 0 Å². The van der Waals surface area contributed by atoms with Gasteiger partial charge in [-0.15, -0.1) is 0 Å². The van der Waals surface area contributed by atoms with Gasteiger partial charge in [0.15, 0.2) is 0 Å². The van der Waals surface area contributed by atoms with Crippen molar-refractivity contribution in [2.24, 2.45) is 23.7 Å². The van der Waals surface area contributed by atoms with Crippen molar-refractivity contribution in [3.05, 3.63) is 0 Å². The second-order valence-electron chi connectivity index (χ2n) is 9.91. The number of ether oxygens (including phenoxy) is 1. The van der Waals surface area contributed by atoms with E-state index in [0.29, 0.717) is 31.6 Å². The largest absolute Gasteiger partial charge is 0.481 e. The van der Waals surface area contributed by atoms with Crippen LogP contribution in [0.2, 0.25) is 0 Å². The Morgan fingerprint density at radius 3 is 1.66 bits per heavy atom. The van der Waals surface area contributed by atoms with Crippen LogP contribution in [0.4, 0.5) is 0 Å². The van der Waals surface area contributed by atoms with E-state index >= 15 is 0 Å². The van der Waals surface area contributed by atoms with Crippen LogP contribution >= 0.6 is 0 Å². The molecule has 1 aliphatic rings. The molecule has 1 rings (SSSR count). The van der Waals surface area contributed by atoms with Crippen molar-refractivity contribution in [1.82, 2.24) is 0 Å². The molecular weight excluding hydrogens is 364 g/mol. The summed E-state index contributed by atoms with van der Waals surface area (Å²) < 4.78 is 5.85. The highest BCUT2D eigenvalue weighted by Gasteiger charge is 2.32. The number of carbonyl (C=O) groups excluding carboxylic acids is 1. The van der Waals surface area contributed by atoms with Gasteiger partial charge in [-0.1, -0.05) is 79.1 Å². The SMILES string of the molecule is CC(C)CCCCCCCCCCC(OC(=O)C1CCC(C(=O)O)CC1)C(C)C. The van der Waals surface area contributed by atoms with E-state index in [-0.39, 0.29) is 23.9 Å². The zero-order valence-corrected chi connectivity index (χ0v) is 19.5. The number of carboxylic acids is 1. The lowest BCUT2D eigenvalue weighted by Crippen LogP contribution is -2.31. The van der Waals surface area contributed by atoms with Crippen molar-refractivity contribution in [3.63, 3.8) is 0 Å². The van der Waals surface area contributed by atoms with Crippen LogP contribution in [0.25, 0.3) is 0 Å². The van der Waals surface area contributed by atoms with Gasteiger partial charge in [0.1, 0.15) is 6.10 Å². The molecule has 0 aromatic rings. The topological polar surface area (TPSA) is 63.6 Å². The number of rotatable bonds is 15. The maximum Gasteiger partial charge on any atom is 0.309 e. The lowest BCUT2D eigenvalue weighted by Gasteiger charge is -2.28. The Balaban J connectivity index is 2.14. The van der Waals surface area contributed by atoms with Crippen LogP contribution in [0.15, 0.2) is 0 Å². The fraction of sp³-hybridized carbons (Fsp3) is 0.920. The van der Waals surface area contributed by atoms with Crippen molar-refractivity contribution >= 4 is 11.9 Å². The third kappa shape index (κ3) is 11.6. The van der Waals surface area contributed by atoms with Crippen molar-refractivity contribution in [2.45, 2.75) is 124 Å². The molecular formula is C25H46O4. The highest BCUT2D eigenvalue weighted by Crippen LogP contribution is 2.30. The van der Waals surface area contributed by atoms with Gasteiger partial charge in [-0.2, -0.15) is 0 Å². The highest BCUT2D eigenvalue weighted by molar-refractivity contribution is 5.74. The number of esters is 1. The van der Waals surface area contributed by atoms with Crippen LogP contribution in [-0.4, -0.2) is 23.1 Å². The average molecular weight is 411 g/mol. The van der Waals surface area contributed by atoms with Gasteiger partial charge in [-0.3, -0.25) is 9.59 Å². The third-order valence-corrected chi connectivity index (χ3v) is 6.44. The standard InChI is InChI=1S/C25H46O4/c1-19(2)13-11-9-7-5-6-8-10-12-14-23(20(3)4)29-25(28)22-17-15-21(16-18-22)24(26)27/h19-23H,5-18H2,1-4H3,(H,26,27). The van der Waals surface area contributed by atoms with E-state index in [4.69, 9.17) is 9.84 Å². The van der Waals surface area contributed by atoms with Gasteiger partial charge in [-0.05, 0) is 50.4 Å². The van der Waals surface area contributed by atoms with Gasteiger partial charge < -0.3 is 9.84 Å². The van der Waals surface area contributed by atoms with Crippen LogP contribution in [0.5, 0.6) is 0 Å². The number of hydrogen-bond donors (Lipinski definition) is 1. The number of carboxylic acid groups (broad SMARTS) is 1. The summed E-state index contributed by atoms with van der Waals surface area (Å²) in [5.41, 5.74) is 0. The molecule has 0 spiro atoms. The van der Waals surface area contributed by atoms with Crippen molar-refractivity contribution < 1.29 is 19.4 Å². The summed E-state index contributed by atoms with van der Waals surface area (Å²) >= 11 is 0. The first kappa shape index (κ1) is 26.0. The maximum absolute atomic E-state index is 12.5. The number of aliphatic carboxylic acids is 1. The second kappa shape index (κ2) is 14.8. The van der Waals surface area contributed by atoms with E-state index < -0.39 is 5.97 Å². The Morgan fingerprint density at radius 1 is 0.759 bits per heavy atom. The smallest absolute Gasteiger partial charge is 0.309 e. The first-order valence-electron chi connectivity index (χ1n) is 12.2. The van der Waals surface area contributed by atoms with Crippen LogP contribution < -0.4 is 0 Å². The molecule has 1 unspecified atom stereocenters. The van der Waals surface area contributed by atoms with E-state index in [1.54, 1.807) is 0 Å². The summed E-state index contributed by atoms with van der Waals surface area (Å²) in [4.78, 5) is 23.6. The molecule has 0 heterocycles. The van der Waals surface area contributed by atoms with Crippen molar-refractivity contribution in [2.75, 3.05) is 0 Å². The van der Waals surface area contributed by atoms with E-state index in [9.17, 15) is 9.59 Å². The molecule has 1 saturated carbocycles. The third-order valence-electron chi connectivity index (χ3n) is 6.44. The molecule has 0 aromatic carbocycles. The summed E-state index contributed by atoms with van der Waals surface area (Å²) in [6.45, 7) is 8.84. The quantitative estimate of drug-likeness (QED) is 0.233. The molecule has 4 nitrogen and oxygen atoms in total. The zero-order chi connectivity index (χ0) is 21.6. The average Bonchev–Trinajstić information content (AvgIpc) is 2.67. The monoisotopic (exact) mass is 410 g/mol. The van der Waals surface area contributed by atoms with E-state index in [1.807, 2.05) is 0 Å². The second-order valence-corrected chi connectivity index (χ2v) is 9.91. The minimum absolute atomic E-state index is 0.00395. The Bertz CT molecular complexity index is 450. The molecule has 1 N–H and O–H groups in total. The molecule has 1 fully saturated rings. The molecule has 0 aliphatic heterocycles. The lowest BCUT2D eigenvalue weighted by molar-refractivity contribution is -0.159. The van der Waals surface area contributed by atoms with Crippen LogP contribution in [0.3, 0.4) is 0 Å². The summed E-state index contributed by atoms with van der Waals surface area (Å²) in [5.74, 6) is -0.0629. The molecule has 0 aromatic heterocycles. The summed E-state index contributed by atoms with van der Waals surface area (Å²) in [6.07, 6.45) is 15.2. The predicted molar refractivity (Wildman–Crippen MR) is 119 cm³/mol. The summed E-state index contributed by atoms with van der Waals surface area (Å²) in [7, 11) is 0. The summed E-state index contributed by atoms with van der Waals surface area (Å²) in [6, 6.07) is 0. The lowest BCUT2D eigenvalue weighted by atomic mass is 9.82. The summed E-state index contributed by atoms with van der Waals surface area (Å²) in [5, 5.41) is 9.10. The Hall–Kier alpha value is -1.06. The number of unbranched alkanes of at least 4 members (excludes halogenated alkanes) is 7. The van der Waals surface area contributed by atoms with Gasteiger partial charge in [0.25, 0.3) is 0 Å². The molecule has 0 saturated heterocycles. The maximum atomic E-state index is 12.5. The van der Waals surface area contributed by atoms with E-state index in [2.05, 4.69) is 27.7 Å². The van der Waals surface area contributed by atoms with Crippen LogP contribution in [0.1, 0.15) is 118 Å². The Labute approximate surface area is 179 Å². The minimum atomic E-state index is -0.729. The zero-order valence-electron chi connectivity index (χ0n) is 19.5. The fourth-order valence-corrected chi connectivity index (χ4v) is 4.31. The molecule has 29 heavy (non-hydrogen) atoms. The fourth-order valence-electron chi connectivity index (χ4n) is 4.31. The normalized spacial score (nSPS) is 20.8. The van der Waals surface area contributed by atoms with Crippen LogP contribution in [0, 0.1) is 23.7 Å². The first-order chi connectivity index (χ1) is 13.8. The molecule has 4 heteroatoms. The first-order valence-corrected chi connectivity index (χ1v) is 12.2. The Kier molecular flexibility index (Phi) is 13.3. The number of carbonyl (C=O) groups is 2. The molecule has 0 radical (unpaired) electrons. The van der Waals surface area contributed by atoms with Crippen molar-refractivity contribution in [1.29, 1.82) is 0 Å². The molecule has 1 aliphatic carbocycles. The molecule has 0 amide bonds. The predicted octanol–water partition coefficient (Wildman–Crippen LogP) is 7.00. The Morgan fingerprint density at radius 2 is 1.21 bits per heavy atom. The molecule has 170 valence electrons. The van der Waals surface area contributed by atoms with Gasteiger partial charge in [-0.25, -0.2) is 0 Å².